The lowest BCUT2D eigenvalue weighted by atomic mass is 10.2. The maximum Gasteiger partial charge on any atom is 0.337 e. The predicted octanol–water partition coefficient (Wildman–Crippen LogP) is 2.18. The Hall–Kier alpha value is -3.03. The molecule has 0 bridgehead atoms. The van der Waals surface area contributed by atoms with E-state index in [0.717, 1.165) is 0 Å². The molecule has 0 aliphatic heterocycles. The largest absolute Gasteiger partial charge is 0.478 e. The van der Waals surface area contributed by atoms with Crippen LogP contribution in [0.2, 0.25) is 0 Å². The highest BCUT2D eigenvalue weighted by Crippen LogP contribution is 2.25. The molecule has 2 aromatic rings. The topological polar surface area (TPSA) is 115 Å². The van der Waals surface area contributed by atoms with Gasteiger partial charge in [0.25, 0.3) is 5.69 Å². The Balaban J connectivity index is 2.30. The number of aryl methyl sites for hydroxylation is 1. The van der Waals surface area contributed by atoms with Crippen LogP contribution in [-0.4, -0.2) is 26.0 Å². The van der Waals surface area contributed by atoms with Crippen LogP contribution < -0.4 is 4.74 Å². The molecule has 2 rings (SSSR count). The lowest BCUT2D eigenvalue weighted by molar-refractivity contribution is -0.385. The zero-order chi connectivity index (χ0) is 14.7. The third-order valence-electron chi connectivity index (χ3n) is 2.43. The molecule has 0 aliphatic rings. The summed E-state index contributed by atoms with van der Waals surface area (Å²) < 4.78 is 5.27. The number of ether oxygens (including phenoxy) is 1. The summed E-state index contributed by atoms with van der Waals surface area (Å²) in [4.78, 5) is 28.6. The Labute approximate surface area is 112 Å². The minimum atomic E-state index is -1.15. The first kappa shape index (κ1) is 13.4. The van der Waals surface area contributed by atoms with Crippen LogP contribution in [0, 0.1) is 17.0 Å². The van der Waals surface area contributed by atoms with Crippen LogP contribution in [0.5, 0.6) is 11.6 Å². The molecule has 102 valence electrons. The molecular weight excluding hydrogens is 266 g/mol. The van der Waals surface area contributed by atoms with Crippen molar-refractivity contribution >= 4 is 11.7 Å². The maximum absolute atomic E-state index is 10.8. The summed E-state index contributed by atoms with van der Waals surface area (Å²) in [5, 5.41) is 19.6. The van der Waals surface area contributed by atoms with E-state index in [9.17, 15) is 14.9 Å². The molecule has 20 heavy (non-hydrogen) atoms. The van der Waals surface area contributed by atoms with Crippen LogP contribution in [0.3, 0.4) is 0 Å². The molecule has 8 heteroatoms. The average molecular weight is 275 g/mol. The number of carboxylic acids is 1. The minimum absolute atomic E-state index is 0.00774. The Morgan fingerprint density at radius 1 is 1.35 bits per heavy atom. The van der Waals surface area contributed by atoms with Crippen LogP contribution in [-0.2, 0) is 0 Å². The van der Waals surface area contributed by atoms with Crippen molar-refractivity contribution in [3.63, 3.8) is 0 Å². The average Bonchev–Trinajstić information content (AvgIpc) is 2.41. The van der Waals surface area contributed by atoms with Gasteiger partial charge in [-0.3, -0.25) is 15.1 Å². The van der Waals surface area contributed by atoms with E-state index in [0.29, 0.717) is 5.56 Å². The maximum atomic E-state index is 10.8. The summed E-state index contributed by atoms with van der Waals surface area (Å²) in [6.45, 7) is 1.56. The lowest BCUT2D eigenvalue weighted by Gasteiger charge is -2.05. The summed E-state index contributed by atoms with van der Waals surface area (Å²) in [6, 6.07) is 2.42. The summed E-state index contributed by atoms with van der Waals surface area (Å²) >= 11 is 0. The Morgan fingerprint density at radius 2 is 2.10 bits per heavy atom. The zero-order valence-electron chi connectivity index (χ0n) is 10.3. The van der Waals surface area contributed by atoms with Gasteiger partial charge in [-0.25, -0.2) is 9.78 Å². The number of pyridine rings is 2. The van der Waals surface area contributed by atoms with Gasteiger partial charge in [-0.2, -0.15) is 0 Å². The molecule has 0 aromatic carbocycles. The molecule has 0 atom stereocenters. The van der Waals surface area contributed by atoms with Crippen molar-refractivity contribution in [2.75, 3.05) is 0 Å². The van der Waals surface area contributed by atoms with Gasteiger partial charge in [-0.1, -0.05) is 0 Å². The standard InChI is InChI=1S/C12H9N3O5/c1-7-4-14-11(3-10(7)15(18)19)20-9-2-8(12(16)17)5-13-6-9/h2-6H,1H3,(H,16,17). The second-order valence-electron chi connectivity index (χ2n) is 3.88. The number of nitrogens with zero attached hydrogens (tertiary/aromatic N) is 3. The number of carbonyl (C=O) groups is 1. The summed E-state index contributed by atoms with van der Waals surface area (Å²) in [5.41, 5.74) is 0.223. The van der Waals surface area contributed by atoms with E-state index in [1.54, 1.807) is 6.92 Å². The van der Waals surface area contributed by atoms with Gasteiger partial charge in [-0.05, 0) is 13.0 Å². The van der Waals surface area contributed by atoms with E-state index < -0.39 is 10.9 Å². The van der Waals surface area contributed by atoms with Crippen LogP contribution in [0.15, 0.2) is 30.7 Å². The third-order valence-corrected chi connectivity index (χ3v) is 2.43. The zero-order valence-corrected chi connectivity index (χ0v) is 10.3. The first-order valence-corrected chi connectivity index (χ1v) is 5.44. The minimum Gasteiger partial charge on any atom is -0.478 e. The van der Waals surface area contributed by atoms with E-state index in [1.165, 1.54) is 30.7 Å². The molecule has 2 aromatic heterocycles. The van der Waals surface area contributed by atoms with Crippen LogP contribution >= 0.6 is 0 Å². The van der Waals surface area contributed by atoms with Gasteiger partial charge in [0.15, 0.2) is 0 Å². The van der Waals surface area contributed by atoms with Gasteiger partial charge < -0.3 is 9.84 Å². The van der Waals surface area contributed by atoms with Crippen molar-refractivity contribution in [3.05, 3.63) is 52.0 Å². The monoisotopic (exact) mass is 275 g/mol. The first-order valence-electron chi connectivity index (χ1n) is 5.44. The highest BCUT2D eigenvalue weighted by Gasteiger charge is 2.14. The molecule has 0 unspecified atom stereocenters. The second-order valence-corrected chi connectivity index (χ2v) is 3.88. The number of hydrogen-bond donors (Lipinski definition) is 1. The number of aromatic carboxylic acids is 1. The summed E-state index contributed by atoms with van der Waals surface area (Å²) in [6.07, 6.45) is 3.77. The molecule has 0 fully saturated rings. The summed E-state index contributed by atoms with van der Waals surface area (Å²) in [7, 11) is 0. The first-order chi connectivity index (χ1) is 9.47. The fourth-order valence-corrected chi connectivity index (χ4v) is 1.46. The molecule has 8 nitrogen and oxygen atoms in total. The van der Waals surface area contributed by atoms with Crippen molar-refractivity contribution < 1.29 is 19.6 Å². The highest BCUT2D eigenvalue weighted by atomic mass is 16.6. The van der Waals surface area contributed by atoms with E-state index >= 15 is 0 Å². The smallest absolute Gasteiger partial charge is 0.337 e. The van der Waals surface area contributed by atoms with E-state index in [-0.39, 0.29) is 22.9 Å². The van der Waals surface area contributed by atoms with E-state index in [2.05, 4.69) is 9.97 Å². The number of hydrogen-bond acceptors (Lipinski definition) is 6. The SMILES string of the molecule is Cc1cnc(Oc2cncc(C(=O)O)c2)cc1[N+](=O)[O-]. The van der Waals surface area contributed by atoms with Gasteiger partial charge in [0, 0.05) is 18.0 Å². The van der Waals surface area contributed by atoms with Crippen molar-refractivity contribution in [2.45, 2.75) is 6.92 Å². The van der Waals surface area contributed by atoms with Crippen LogP contribution in [0.4, 0.5) is 5.69 Å². The Morgan fingerprint density at radius 3 is 2.75 bits per heavy atom. The van der Waals surface area contributed by atoms with Gasteiger partial charge in [0.05, 0.1) is 22.7 Å². The highest BCUT2D eigenvalue weighted by molar-refractivity contribution is 5.87. The van der Waals surface area contributed by atoms with Gasteiger partial charge in [0.2, 0.25) is 5.88 Å². The number of aromatic nitrogens is 2. The van der Waals surface area contributed by atoms with Crippen molar-refractivity contribution in [3.8, 4) is 11.6 Å². The van der Waals surface area contributed by atoms with Gasteiger partial charge in [0.1, 0.15) is 5.75 Å². The van der Waals surface area contributed by atoms with Crippen molar-refractivity contribution in [1.82, 2.24) is 9.97 Å². The third kappa shape index (κ3) is 2.86. The molecule has 0 saturated carbocycles. The molecule has 0 spiro atoms. The number of nitro groups is 1. The fraction of sp³-hybridized carbons (Fsp3) is 0.0833. The fourth-order valence-electron chi connectivity index (χ4n) is 1.46. The van der Waals surface area contributed by atoms with E-state index in [4.69, 9.17) is 9.84 Å². The lowest BCUT2D eigenvalue weighted by Crippen LogP contribution is -1.99. The molecule has 1 N–H and O–H groups in total. The number of rotatable bonds is 4. The second kappa shape index (κ2) is 5.31. The normalized spacial score (nSPS) is 10.1. The molecule has 0 saturated heterocycles. The van der Waals surface area contributed by atoms with Crippen LogP contribution in [0.25, 0.3) is 0 Å². The molecule has 0 aliphatic carbocycles. The van der Waals surface area contributed by atoms with Crippen molar-refractivity contribution in [1.29, 1.82) is 0 Å². The van der Waals surface area contributed by atoms with E-state index in [1.807, 2.05) is 0 Å². The van der Waals surface area contributed by atoms with Crippen molar-refractivity contribution in [2.24, 2.45) is 0 Å². The molecule has 0 amide bonds. The summed E-state index contributed by atoms with van der Waals surface area (Å²) in [5.74, 6) is -1.02. The van der Waals surface area contributed by atoms with Gasteiger partial charge >= 0.3 is 5.97 Å². The molecule has 0 radical (unpaired) electrons. The van der Waals surface area contributed by atoms with Crippen LogP contribution in [0.1, 0.15) is 15.9 Å². The molecule has 2 heterocycles. The molecular formula is C12H9N3O5. The predicted molar refractivity (Wildman–Crippen MR) is 66.9 cm³/mol. The Kier molecular flexibility index (Phi) is 3.56. The Bertz CT molecular complexity index is 687. The number of carboxylic acid groups (broad SMARTS) is 1. The van der Waals surface area contributed by atoms with Gasteiger partial charge in [-0.15, -0.1) is 0 Å². The quantitative estimate of drug-likeness (QED) is 0.671.